The summed E-state index contributed by atoms with van der Waals surface area (Å²) in [5.41, 5.74) is 7.76. The van der Waals surface area contributed by atoms with Crippen LogP contribution in [0, 0.1) is 0 Å². The van der Waals surface area contributed by atoms with E-state index < -0.39 is 0 Å². The standard InChI is InChI=1S/C14H17N3/c1-10(15)16-13-8-9-14(17(2)3)12-7-5-4-6-11(12)13/h4-9H,1-3H3,(H2,15,16). The van der Waals surface area contributed by atoms with Crippen LogP contribution in [-0.4, -0.2) is 19.9 Å². The average molecular weight is 227 g/mol. The number of aliphatic imine (C=N–C) groups is 1. The molecule has 3 nitrogen and oxygen atoms in total. The second-order valence-electron chi connectivity index (χ2n) is 4.30. The molecule has 0 aliphatic carbocycles. The molecule has 2 aromatic rings. The van der Waals surface area contributed by atoms with Crippen LogP contribution in [0.4, 0.5) is 11.4 Å². The summed E-state index contributed by atoms with van der Waals surface area (Å²) in [4.78, 5) is 6.47. The van der Waals surface area contributed by atoms with Crippen LogP contribution in [0.25, 0.3) is 10.8 Å². The van der Waals surface area contributed by atoms with Crippen molar-refractivity contribution >= 4 is 28.0 Å². The highest BCUT2D eigenvalue weighted by Crippen LogP contribution is 2.32. The molecule has 2 rings (SSSR count). The number of hydrogen-bond acceptors (Lipinski definition) is 2. The van der Waals surface area contributed by atoms with E-state index in [4.69, 9.17) is 5.73 Å². The molecule has 0 amide bonds. The highest BCUT2D eigenvalue weighted by atomic mass is 15.1. The van der Waals surface area contributed by atoms with Gasteiger partial charge in [-0.3, -0.25) is 0 Å². The fourth-order valence-corrected chi connectivity index (χ4v) is 1.94. The summed E-state index contributed by atoms with van der Waals surface area (Å²) in [6, 6.07) is 12.3. The summed E-state index contributed by atoms with van der Waals surface area (Å²) in [5, 5.41) is 2.32. The number of rotatable bonds is 2. The van der Waals surface area contributed by atoms with E-state index in [1.807, 2.05) is 32.3 Å². The van der Waals surface area contributed by atoms with E-state index in [-0.39, 0.29) is 0 Å². The van der Waals surface area contributed by atoms with Gasteiger partial charge in [0.1, 0.15) is 0 Å². The normalized spacial score (nSPS) is 11.8. The van der Waals surface area contributed by atoms with E-state index in [1.54, 1.807) is 6.92 Å². The van der Waals surface area contributed by atoms with Crippen LogP contribution in [-0.2, 0) is 0 Å². The van der Waals surface area contributed by atoms with Crippen molar-refractivity contribution in [1.82, 2.24) is 0 Å². The average Bonchev–Trinajstić information content (AvgIpc) is 2.28. The van der Waals surface area contributed by atoms with E-state index in [0.717, 1.165) is 11.1 Å². The van der Waals surface area contributed by atoms with Crippen molar-refractivity contribution in [3.05, 3.63) is 36.4 Å². The van der Waals surface area contributed by atoms with Crippen LogP contribution in [0.15, 0.2) is 41.4 Å². The molecule has 0 saturated heterocycles. The maximum absolute atomic E-state index is 5.65. The minimum Gasteiger partial charge on any atom is -0.387 e. The van der Waals surface area contributed by atoms with Crippen LogP contribution in [0.2, 0.25) is 0 Å². The molecule has 0 atom stereocenters. The lowest BCUT2D eigenvalue weighted by molar-refractivity contribution is 1.14. The van der Waals surface area contributed by atoms with Gasteiger partial charge in [-0.05, 0) is 19.1 Å². The van der Waals surface area contributed by atoms with Crippen LogP contribution in [0.3, 0.4) is 0 Å². The molecule has 0 saturated carbocycles. The monoisotopic (exact) mass is 227 g/mol. The fraction of sp³-hybridized carbons (Fsp3) is 0.214. The molecule has 0 heterocycles. The van der Waals surface area contributed by atoms with Gasteiger partial charge in [0.15, 0.2) is 0 Å². The van der Waals surface area contributed by atoms with Crippen LogP contribution >= 0.6 is 0 Å². The molecule has 0 spiro atoms. The highest BCUT2D eigenvalue weighted by Gasteiger charge is 2.06. The molecular weight excluding hydrogens is 210 g/mol. The number of fused-ring (bicyclic) bond motifs is 1. The van der Waals surface area contributed by atoms with Gasteiger partial charge in [0.25, 0.3) is 0 Å². The number of benzene rings is 2. The lowest BCUT2D eigenvalue weighted by atomic mass is 10.1. The Morgan fingerprint density at radius 1 is 1.06 bits per heavy atom. The van der Waals surface area contributed by atoms with Gasteiger partial charge in [-0.25, -0.2) is 4.99 Å². The van der Waals surface area contributed by atoms with E-state index in [0.29, 0.717) is 5.84 Å². The highest BCUT2D eigenvalue weighted by molar-refractivity contribution is 6.02. The molecule has 0 bridgehead atoms. The van der Waals surface area contributed by atoms with Gasteiger partial charge in [0.2, 0.25) is 0 Å². The van der Waals surface area contributed by atoms with Gasteiger partial charge in [0.05, 0.1) is 11.5 Å². The first kappa shape index (κ1) is 11.5. The molecule has 17 heavy (non-hydrogen) atoms. The lowest BCUT2D eigenvalue weighted by Gasteiger charge is -2.16. The predicted molar refractivity (Wildman–Crippen MR) is 75.2 cm³/mol. The van der Waals surface area contributed by atoms with Gasteiger partial charge in [-0.2, -0.15) is 0 Å². The first-order chi connectivity index (χ1) is 8.09. The Balaban J connectivity index is 2.75. The van der Waals surface area contributed by atoms with Crippen molar-refractivity contribution in [2.24, 2.45) is 10.7 Å². The second kappa shape index (κ2) is 4.45. The molecular formula is C14H17N3. The number of anilines is 1. The second-order valence-corrected chi connectivity index (χ2v) is 4.30. The summed E-state index contributed by atoms with van der Waals surface area (Å²) in [6.45, 7) is 1.80. The Kier molecular flexibility index (Phi) is 3.00. The largest absolute Gasteiger partial charge is 0.387 e. The zero-order valence-electron chi connectivity index (χ0n) is 10.4. The van der Waals surface area contributed by atoms with E-state index in [2.05, 4.69) is 28.1 Å². The van der Waals surface area contributed by atoms with E-state index in [1.165, 1.54) is 11.1 Å². The van der Waals surface area contributed by atoms with Crippen LogP contribution in [0.5, 0.6) is 0 Å². The number of nitrogens with zero attached hydrogens (tertiary/aromatic N) is 2. The van der Waals surface area contributed by atoms with Gasteiger partial charge in [-0.1, -0.05) is 24.3 Å². The van der Waals surface area contributed by atoms with Gasteiger partial charge < -0.3 is 10.6 Å². The van der Waals surface area contributed by atoms with Gasteiger partial charge in [0, 0.05) is 30.6 Å². The lowest BCUT2D eigenvalue weighted by Crippen LogP contribution is -2.09. The first-order valence-electron chi connectivity index (χ1n) is 5.59. The smallest absolute Gasteiger partial charge is 0.0965 e. The Labute approximate surface area is 102 Å². The maximum atomic E-state index is 5.65. The third-order valence-corrected chi connectivity index (χ3v) is 2.66. The number of nitrogens with two attached hydrogens (primary N) is 1. The summed E-state index contributed by atoms with van der Waals surface area (Å²) in [5.74, 6) is 0.577. The molecule has 0 aliphatic rings. The number of hydrogen-bond donors (Lipinski definition) is 1. The van der Waals surface area contributed by atoms with Crippen molar-refractivity contribution in [2.75, 3.05) is 19.0 Å². The SMILES string of the molecule is CC(N)=Nc1ccc(N(C)C)c2ccccc12. The third-order valence-electron chi connectivity index (χ3n) is 2.66. The molecule has 3 heteroatoms. The minimum absolute atomic E-state index is 0.577. The van der Waals surface area contributed by atoms with E-state index in [9.17, 15) is 0 Å². The zero-order valence-corrected chi connectivity index (χ0v) is 10.4. The zero-order chi connectivity index (χ0) is 12.4. The van der Waals surface area contributed by atoms with E-state index >= 15 is 0 Å². The quantitative estimate of drug-likeness (QED) is 0.633. The Morgan fingerprint density at radius 3 is 2.29 bits per heavy atom. The Bertz CT molecular complexity index is 567. The van der Waals surface area contributed by atoms with Crippen molar-refractivity contribution in [3.63, 3.8) is 0 Å². The first-order valence-corrected chi connectivity index (χ1v) is 5.59. The molecule has 0 radical (unpaired) electrons. The summed E-state index contributed by atoms with van der Waals surface area (Å²) in [6.07, 6.45) is 0. The van der Waals surface area contributed by atoms with Crippen molar-refractivity contribution in [3.8, 4) is 0 Å². The fourth-order valence-electron chi connectivity index (χ4n) is 1.94. The molecule has 0 unspecified atom stereocenters. The minimum atomic E-state index is 0.577. The third kappa shape index (κ3) is 2.23. The van der Waals surface area contributed by atoms with Crippen molar-refractivity contribution in [2.45, 2.75) is 6.92 Å². The summed E-state index contributed by atoms with van der Waals surface area (Å²) >= 11 is 0. The molecule has 2 aromatic carbocycles. The van der Waals surface area contributed by atoms with Crippen molar-refractivity contribution in [1.29, 1.82) is 0 Å². The molecule has 0 fully saturated rings. The molecule has 88 valence electrons. The Morgan fingerprint density at radius 2 is 1.71 bits per heavy atom. The van der Waals surface area contributed by atoms with Gasteiger partial charge in [-0.15, -0.1) is 0 Å². The molecule has 0 aromatic heterocycles. The summed E-state index contributed by atoms with van der Waals surface area (Å²) < 4.78 is 0. The molecule has 2 N–H and O–H groups in total. The Hall–Kier alpha value is -2.03. The van der Waals surface area contributed by atoms with Crippen LogP contribution < -0.4 is 10.6 Å². The van der Waals surface area contributed by atoms with Gasteiger partial charge >= 0.3 is 0 Å². The van der Waals surface area contributed by atoms with Crippen LogP contribution in [0.1, 0.15) is 6.92 Å². The maximum Gasteiger partial charge on any atom is 0.0965 e. The summed E-state index contributed by atoms with van der Waals surface area (Å²) in [7, 11) is 4.08. The topological polar surface area (TPSA) is 41.6 Å². The molecule has 0 aliphatic heterocycles. The predicted octanol–water partition coefficient (Wildman–Crippen LogP) is 2.91. The van der Waals surface area contributed by atoms with Crippen molar-refractivity contribution < 1.29 is 0 Å². The number of amidine groups is 1.